The number of aryl methyl sites for hydroxylation is 1. The maximum Gasteiger partial charge on any atom is 0.269 e. The zero-order chi connectivity index (χ0) is 15.5. The monoisotopic (exact) mass is 287 g/mol. The van der Waals surface area contributed by atoms with Crippen LogP contribution < -0.4 is 4.74 Å². The van der Waals surface area contributed by atoms with Gasteiger partial charge in [-0.1, -0.05) is 44.2 Å². The van der Waals surface area contributed by atoms with Crippen molar-refractivity contribution in [3.05, 3.63) is 70.3 Å². The summed E-state index contributed by atoms with van der Waals surface area (Å²) in [5.74, 6) is 0.962. The number of ether oxygens (including phenoxy) is 1. The van der Waals surface area contributed by atoms with E-state index in [1.807, 2.05) is 43.3 Å². The molecule has 0 aromatic heterocycles. The van der Waals surface area contributed by atoms with E-state index >= 15 is 0 Å². The number of rotatable bonds is 5. The lowest BCUT2D eigenvalue weighted by molar-refractivity contribution is -0.384. The van der Waals surface area contributed by atoms with Crippen molar-refractivity contribution in [2.24, 2.45) is 0 Å². The van der Waals surface area contributed by atoms with Gasteiger partial charge in [0.1, 0.15) is 5.75 Å². The van der Waals surface area contributed by atoms with E-state index in [0.29, 0.717) is 0 Å². The highest BCUT2D eigenvalue weighted by molar-refractivity contribution is 5.34. The molecule has 2 aromatic rings. The highest BCUT2D eigenvalue weighted by Crippen LogP contribution is 2.12. The van der Waals surface area contributed by atoms with Gasteiger partial charge < -0.3 is 4.74 Å². The summed E-state index contributed by atoms with van der Waals surface area (Å²) in [5, 5.41) is 10.3. The number of nitro groups is 1. The summed E-state index contributed by atoms with van der Waals surface area (Å²) >= 11 is 0. The number of non-ortho nitro benzene ring substituents is 1. The van der Waals surface area contributed by atoms with E-state index < -0.39 is 0 Å². The molecule has 0 aliphatic rings. The summed E-state index contributed by atoms with van der Waals surface area (Å²) < 4.78 is 5.36. The Bertz CT molecular complexity index is 541. The van der Waals surface area contributed by atoms with Crippen molar-refractivity contribution < 1.29 is 9.66 Å². The van der Waals surface area contributed by atoms with Gasteiger partial charge in [0, 0.05) is 12.1 Å². The number of benzene rings is 2. The molecule has 0 aliphatic heterocycles. The van der Waals surface area contributed by atoms with Gasteiger partial charge in [-0.3, -0.25) is 10.1 Å². The summed E-state index contributed by atoms with van der Waals surface area (Å²) in [7, 11) is 0. The lowest BCUT2D eigenvalue weighted by atomic mass is 10.1. The normalized spacial score (nSPS) is 9.43. The average molecular weight is 287 g/mol. The van der Waals surface area contributed by atoms with Gasteiger partial charge in [-0.15, -0.1) is 0 Å². The molecule has 0 atom stereocenters. The third-order valence-electron chi connectivity index (χ3n) is 2.75. The van der Waals surface area contributed by atoms with Crippen molar-refractivity contribution in [3.63, 3.8) is 0 Å². The minimum Gasteiger partial charge on any atom is -0.494 e. The Balaban J connectivity index is 0.000000211. The van der Waals surface area contributed by atoms with Crippen LogP contribution in [0.3, 0.4) is 0 Å². The summed E-state index contributed by atoms with van der Waals surface area (Å²) in [6.45, 7) is 4.88. The second kappa shape index (κ2) is 9.53. The van der Waals surface area contributed by atoms with Crippen LogP contribution in [0.5, 0.6) is 5.75 Å². The van der Waals surface area contributed by atoms with E-state index in [0.717, 1.165) is 30.8 Å². The molecule has 112 valence electrons. The van der Waals surface area contributed by atoms with E-state index in [2.05, 4.69) is 6.92 Å². The van der Waals surface area contributed by atoms with Crippen LogP contribution in [0.15, 0.2) is 54.6 Å². The summed E-state index contributed by atoms with van der Waals surface area (Å²) in [6, 6.07) is 16.6. The molecule has 2 aromatic carbocycles. The molecule has 0 saturated carbocycles. The molecule has 0 spiro atoms. The Labute approximate surface area is 125 Å². The van der Waals surface area contributed by atoms with Gasteiger partial charge in [-0.25, -0.2) is 0 Å². The molecule has 21 heavy (non-hydrogen) atoms. The first kappa shape index (κ1) is 16.7. The van der Waals surface area contributed by atoms with Crippen molar-refractivity contribution in [2.75, 3.05) is 6.61 Å². The summed E-state index contributed by atoms with van der Waals surface area (Å²) in [4.78, 5) is 9.90. The molecule has 0 amide bonds. The Morgan fingerprint density at radius 2 is 1.76 bits per heavy atom. The fraction of sp³-hybridized carbons (Fsp3) is 0.294. The Morgan fingerprint density at radius 3 is 2.33 bits per heavy atom. The molecule has 0 N–H and O–H groups in total. The van der Waals surface area contributed by atoms with Crippen LogP contribution in [0, 0.1) is 10.1 Å². The minimum absolute atomic E-state index is 0.171. The third kappa shape index (κ3) is 6.56. The first-order valence-corrected chi connectivity index (χ1v) is 7.08. The number of nitrogens with zero attached hydrogens (tertiary/aromatic N) is 1. The Kier molecular flexibility index (Phi) is 7.58. The Hall–Kier alpha value is -2.36. The fourth-order valence-corrected chi connectivity index (χ4v) is 1.63. The van der Waals surface area contributed by atoms with Crippen molar-refractivity contribution in [1.29, 1.82) is 0 Å². The van der Waals surface area contributed by atoms with Crippen LogP contribution in [0.25, 0.3) is 0 Å². The molecule has 0 aliphatic carbocycles. The molecular formula is C17H21NO3. The van der Waals surface area contributed by atoms with E-state index in [4.69, 9.17) is 4.74 Å². The van der Waals surface area contributed by atoms with Gasteiger partial charge in [-0.2, -0.15) is 0 Å². The highest BCUT2D eigenvalue weighted by Gasteiger charge is 2.03. The lowest BCUT2D eigenvalue weighted by Crippen LogP contribution is -1.93. The third-order valence-corrected chi connectivity index (χ3v) is 2.75. The van der Waals surface area contributed by atoms with E-state index in [1.54, 1.807) is 12.1 Å². The molecule has 2 rings (SSSR count). The molecule has 0 heterocycles. The predicted molar refractivity (Wildman–Crippen MR) is 84.7 cm³/mol. The smallest absolute Gasteiger partial charge is 0.269 e. The number of para-hydroxylation sites is 1. The second-order valence-corrected chi connectivity index (χ2v) is 4.44. The largest absolute Gasteiger partial charge is 0.494 e. The standard InChI is InChI=1S/C9H12O.C8H9NO2/c1-2-8-10-9-6-4-3-5-7-9;1-2-7-4-3-5-8(6-7)9(10)11/h3-7H,2,8H2,1H3;3-6H,2H2,1H3. The van der Waals surface area contributed by atoms with E-state index in [1.165, 1.54) is 6.07 Å². The van der Waals surface area contributed by atoms with E-state index in [-0.39, 0.29) is 10.6 Å². The highest BCUT2D eigenvalue weighted by atomic mass is 16.6. The summed E-state index contributed by atoms with van der Waals surface area (Å²) in [5.41, 5.74) is 1.17. The van der Waals surface area contributed by atoms with Gasteiger partial charge in [-0.05, 0) is 30.5 Å². The zero-order valence-corrected chi connectivity index (χ0v) is 12.5. The molecule has 0 unspecified atom stereocenters. The van der Waals surface area contributed by atoms with Crippen molar-refractivity contribution in [2.45, 2.75) is 26.7 Å². The van der Waals surface area contributed by atoms with Gasteiger partial charge in [0.2, 0.25) is 0 Å². The lowest BCUT2D eigenvalue weighted by Gasteiger charge is -2.01. The molecule has 4 heteroatoms. The number of hydrogen-bond donors (Lipinski definition) is 0. The quantitative estimate of drug-likeness (QED) is 0.595. The fourth-order valence-electron chi connectivity index (χ4n) is 1.63. The zero-order valence-electron chi connectivity index (χ0n) is 12.5. The first-order valence-electron chi connectivity index (χ1n) is 7.08. The molecule has 4 nitrogen and oxygen atoms in total. The molecule has 0 fully saturated rings. The van der Waals surface area contributed by atoms with Crippen molar-refractivity contribution in [3.8, 4) is 5.75 Å². The Morgan fingerprint density at radius 1 is 1.05 bits per heavy atom. The van der Waals surface area contributed by atoms with Gasteiger partial charge in [0.05, 0.1) is 11.5 Å². The maximum absolute atomic E-state index is 10.3. The predicted octanol–water partition coefficient (Wildman–Crippen LogP) is 4.63. The average Bonchev–Trinajstić information content (AvgIpc) is 2.54. The maximum atomic E-state index is 10.3. The molecule has 0 radical (unpaired) electrons. The van der Waals surface area contributed by atoms with Crippen LogP contribution in [-0.2, 0) is 6.42 Å². The molecule has 0 bridgehead atoms. The molecular weight excluding hydrogens is 266 g/mol. The number of nitro benzene ring substituents is 1. The van der Waals surface area contributed by atoms with Crippen LogP contribution in [0.2, 0.25) is 0 Å². The van der Waals surface area contributed by atoms with Gasteiger partial charge in [0.15, 0.2) is 0 Å². The SMILES string of the molecule is CCCOc1ccccc1.CCc1cccc([N+](=O)[O-])c1. The van der Waals surface area contributed by atoms with Gasteiger partial charge >= 0.3 is 0 Å². The van der Waals surface area contributed by atoms with Crippen LogP contribution in [-0.4, -0.2) is 11.5 Å². The van der Waals surface area contributed by atoms with Crippen LogP contribution in [0.1, 0.15) is 25.8 Å². The van der Waals surface area contributed by atoms with E-state index in [9.17, 15) is 10.1 Å². The number of hydrogen-bond acceptors (Lipinski definition) is 3. The van der Waals surface area contributed by atoms with Crippen LogP contribution >= 0.6 is 0 Å². The summed E-state index contributed by atoms with van der Waals surface area (Å²) in [6.07, 6.45) is 1.90. The topological polar surface area (TPSA) is 52.4 Å². The van der Waals surface area contributed by atoms with Crippen molar-refractivity contribution >= 4 is 5.69 Å². The van der Waals surface area contributed by atoms with Gasteiger partial charge in [0.25, 0.3) is 5.69 Å². The molecule has 0 saturated heterocycles. The second-order valence-electron chi connectivity index (χ2n) is 4.44. The van der Waals surface area contributed by atoms with Crippen LogP contribution in [0.4, 0.5) is 5.69 Å². The minimum atomic E-state index is -0.376. The first-order chi connectivity index (χ1) is 10.2. The van der Waals surface area contributed by atoms with Crippen molar-refractivity contribution in [1.82, 2.24) is 0 Å².